The van der Waals surface area contributed by atoms with Gasteiger partial charge in [-0.05, 0) is 31.9 Å². The van der Waals surface area contributed by atoms with Crippen LogP contribution >= 0.6 is 0 Å². The van der Waals surface area contributed by atoms with Crippen molar-refractivity contribution in [3.63, 3.8) is 0 Å². The maximum atomic E-state index is 12.5. The molecule has 1 N–H and O–H groups in total. The molecule has 1 heterocycles. The second-order valence-corrected chi connectivity index (χ2v) is 5.67. The van der Waals surface area contributed by atoms with Crippen LogP contribution in [0.25, 0.3) is 0 Å². The van der Waals surface area contributed by atoms with E-state index >= 15 is 0 Å². The Balaban J connectivity index is 1.94. The molecule has 2 rings (SSSR count). The van der Waals surface area contributed by atoms with Gasteiger partial charge in [-0.1, -0.05) is 12.1 Å². The fraction of sp³-hybridized carbons (Fsp3) is 0.562. The molecule has 1 unspecified atom stereocenters. The highest BCUT2D eigenvalue weighted by molar-refractivity contribution is 5.72. The average Bonchev–Trinajstić information content (AvgIpc) is 2.47. The highest BCUT2D eigenvalue weighted by Gasteiger charge is 2.31. The van der Waals surface area contributed by atoms with Crippen molar-refractivity contribution in [2.45, 2.75) is 32.5 Å². The van der Waals surface area contributed by atoms with Gasteiger partial charge in [0.2, 0.25) is 0 Å². The topological polar surface area (TPSA) is 30.7 Å². The van der Waals surface area contributed by atoms with Gasteiger partial charge in [0, 0.05) is 5.56 Å². The van der Waals surface area contributed by atoms with Crippen molar-refractivity contribution >= 4 is 5.97 Å². The second kappa shape index (κ2) is 7.13. The molecule has 0 aromatic heterocycles. The summed E-state index contributed by atoms with van der Waals surface area (Å²) in [4.78, 5) is 13.0. The molecule has 3 nitrogen and oxygen atoms in total. The number of likely N-dealkylation sites (tertiary alicyclic amines) is 1. The van der Waals surface area contributed by atoms with E-state index in [-0.39, 0.29) is 11.9 Å². The Labute approximate surface area is 128 Å². The number of nitrogens with one attached hydrogen (secondary N) is 1. The van der Waals surface area contributed by atoms with Crippen LogP contribution < -0.4 is 4.90 Å². The number of hydrogen-bond donors (Lipinski definition) is 1. The summed E-state index contributed by atoms with van der Waals surface area (Å²) in [5.41, 5.74) is 0.224. The standard InChI is InChI=1S/C16H20F3NO2/c1-2-22-15(21)13-4-3-9-20(11-13)10-12-5-7-14(8-6-12)16(17,18)19/h5-8,13H,2-4,9-11H2,1H3/p+1/t13-/m0/s1. The summed E-state index contributed by atoms with van der Waals surface area (Å²) in [7, 11) is 0. The number of carbonyl (C=O) groups excluding carboxylic acids is 1. The molecule has 1 aromatic carbocycles. The predicted octanol–water partition coefficient (Wildman–Crippen LogP) is 2.06. The first-order chi connectivity index (χ1) is 10.4. The van der Waals surface area contributed by atoms with Gasteiger partial charge in [-0.3, -0.25) is 4.79 Å². The zero-order valence-electron chi connectivity index (χ0n) is 12.6. The van der Waals surface area contributed by atoms with Crippen LogP contribution in [0.4, 0.5) is 13.2 Å². The van der Waals surface area contributed by atoms with E-state index in [0.29, 0.717) is 19.7 Å². The van der Waals surface area contributed by atoms with Crippen LogP contribution in [-0.2, 0) is 22.3 Å². The molecule has 1 fully saturated rings. The third-order valence-electron chi connectivity index (χ3n) is 3.97. The Hall–Kier alpha value is -1.56. The summed E-state index contributed by atoms with van der Waals surface area (Å²) in [6.45, 7) is 4.40. The van der Waals surface area contributed by atoms with Crippen molar-refractivity contribution in [3.8, 4) is 0 Å². The number of ether oxygens (including phenoxy) is 1. The van der Waals surface area contributed by atoms with Crippen LogP contribution in [0.2, 0.25) is 0 Å². The molecule has 1 aromatic rings. The van der Waals surface area contributed by atoms with Crippen LogP contribution in [0.3, 0.4) is 0 Å². The van der Waals surface area contributed by atoms with Crippen LogP contribution in [0, 0.1) is 5.92 Å². The van der Waals surface area contributed by atoms with Gasteiger partial charge >= 0.3 is 12.1 Å². The van der Waals surface area contributed by atoms with Gasteiger partial charge in [-0.2, -0.15) is 13.2 Å². The Kier molecular flexibility index (Phi) is 5.45. The summed E-state index contributed by atoms with van der Waals surface area (Å²) in [6, 6.07) is 5.26. The van der Waals surface area contributed by atoms with Crippen LogP contribution in [0.1, 0.15) is 30.9 Å². The molecule has 0 saturated carbocycles. The molecule has 2 atom stereocenters. The smallest absolute Gasteiger partial charge is 0.416 e. The molecule has 0 radical (unpaired) electrons. The van der Waals surface area contributed by atoms with E-state index < -0.39 is 11.7 Å². The summed E-state index contributed by atoms with van der Waals surface area (Å²) >= 11 is 0. The third kappa shape index (κ3) is 4.47. The minimum absolute atomic E-state index is 0.0989. The Morgan fingerprint density at radius 1 is 1.32 bits per heavy atom. The number of halogens is 3. The fourth-order valence-corrected chi connectivity index (χ4v) is 2.87. The van der Waals surface area contributed by atoms with Gasteiger partial charge in [-0.25, -0.2) is 0 Å². The predicted molar refractivity (Wildman–Crippen MR) is 75.2 cm³/mol. The lowest BCUT2D eigenvalue weighted by Gasteiger charge is -2.28. The largest absolute Gasteiger partial charge is 0.466 e. The van der Waals surface area contributed by atoms with Crippen molar-refractivity contribution in [1.29, 1.82) is 0 Å². The molecule has 1 aliphatic rings. The third-order valence-corrected chi connectivity index (χ3v) is 3.97. The van der Waals surface area contributed by atoms with Crippen molar-refractivity contribution < 1.29 is 27.6 Å². The number of hydrogen-bond acceptors (Lipinski definition) is 2. The molecule has 0 spiro atoms. The average molecular weight is 316 g/mol. The normalized spacial score (nSPS) is 22.4. The van der Waals surface area contributed by atoms with Crippen LogP contribution in [0.5, 0.6) is 0 Å². The monoisotopic (exact) mass is 316 g/mol. The lowest BCUT2D eigenvalue weighted by Crippen LogP contribution is -3.12. The van der Waals surface area contributed by atoms with E-state index in [4.69, 9.17) is 4.74 Å². The highest BCUT2D eigenvalue weighted by atomic mass is 19.4. The Morgan fingerprint density at radius 2 is 2.00 bits per heavy atom. The van der Waals surface area contributed by atoms with Crippen molar-refractivity contribution in [2.24, 2.45) is 5.92 Å². The zero-order chi connectivity index (χ0) is 16.2. The number of carbonyl (C=O) groups is 1. The van der Waals surface area contributed by atoms with E-state index in [1.807, 2.05) is 0 Å². The van der Waals surface area contributed by atoms with Crippen molar-refractivity contribution in [2.75, 3.05) is 19.7 Å². The number of piperidine rings is 1. The van der Waals surface area contributed by atoms with E-state index in [1.165, 1.54) is 17.0 Å². The van der Waals surface area contributed by atoms with E-state index in [1.54, 1.807) is 6.92 Å². The number of benzene rings is 1. The Morgan fingerprint density at radius 3 is 2.59 bits per heavy atom. The maximum Gasteiger partial charge on any atom is 0.416 e. The van der Waals surface area contributed by atoms with Crippen LogP contribution in [0.15, 0.2) is 24.3 Å². The van der Waals surface area contributed by atoms with E-state index in [0.717, 1.165) is 37.1 Å². The van der Waals surface area contributed by atoms with Gasteiger partial charge in [-0.15, -0.1) is 0 Å². The van der Waals surface area contributed by atoms with Gasteiger partial charge in [0.25, 0.3) is 0 Å². The first-order valence-corrected chi connectivity index (χ1v) is 7.56. The number of rotatable bonds is 4. The number of esters is 1. The molecule has 0 amide bonds. The minimum atomic E-state index is -4.30. The first-order valence-electron chi connectivity index (χ1n) is 7.56. The fourth-order valence-electron chi connectivity index (χ4n) is 2.87. The van der Waals surface area contributed by atoms with E-state index in [9.17, 15) is 18.0 Å². The second-order valence-electron chi connectivity index (χ2n) is 5.67. The summed E-state index contributed by atoms with van der Waals surface area (Å²) < 4.78 is 42.7. The minimum Gasteiger partial charge on any atom is -0.466 e. The van der Waals surface area contributed by atoms with Gasteiger partial charge in [0.1, 0.15) is 12.5 Å². The SMILES string of the molecule is CCOC(=O)[C@H]1CCC[NH+](Cc2ccc(C(F)(F)F)cc2)C1. The molecular weight excluding hydrogens is 295 g/mol. The van der Waals surface area contributed by atoms with Crippen LogP contribution in [-0.4, -0.2) is 25.7 Å². The summed E-state index contributed by atoms with van der Waals surface area (Å²) in [5, 5.41) is 0. The molecular formula is C16H21F3NO2+. The molecule has 0 bridgehead atoms. The lowest BCUT2D eigenvalue weighted by atomic mass is 9.97. The van der Waals surface area contributed by atoms with Crippen molar-refractivity contribution in [3.05, 3.63) is 35.4 Å². The van der Waals surface area contributed by atoms with Crippen molar-refractivity contribution in [1.82, 2.24) is 0 Å². The molecule has 0 aliphatic carbocycles. The quantitative estimate of drug-likeness (QED) is 0.862. The first kappa shape index (κ1) is 16.8. The maximum absolute atomic E-state index is 12.5. The number of alkyl halides is 3. The van der Waals surface area contributed by atoms with Gasteiger partial charge in [0.05, 0.1) is 25.3 Å². The van der Waals surface area contributed by atoms with E-state index in [2.05, 4.69) is 0 Å². The zero-order valence-corrected chi connectivity index (χ0v) is 12.6. The Bertz CT molecular complexity index is 499. The molecule has 22 heavy (non-hydrogen) atoms. The molecule has 122 valence electrons. The summed E-state index contributed by atoms with van der Waals surface area (Å²) in [5.74, 6) is -0.259. The van der Waals surface area contributed by atoms with Gasteiger partial charge < -0.3 is 9.64 Å². The number of quaternary nitrogens is 1. The highest BCUT2D eigenvalue weighted by Crippen LogP contribution is 2.29. The molecule has 1 saturated heterocycles. The molecule has 6 heteroatoms. The van der Waals surface area contributed by atoms with Gasteiger partial charge in [0.15, 0.2) is 0 Å². The lowest BCUT2D eigenvalue weighted by molar-refractivity contribution is -0.921. The summed E-state index contributed by atoms with van der Waals surface area (Å²) in [6.07, 6.45) is -2.54. The molecule has 1 aliphatic heterocycles.